The van der Waals surface area contributed by atoms with Crippen molar-refractivity contribution in [3.05, 3.63) is 40.9 Å². The summed E-state index contributed by atoms with van der Waals surface area (Å²) in [6, 6.07) is 7.07. The van der Waals surface area contributed by atoms with Crippen molar-refractivity contribution in [1.82, 2.24) is 9.29 Å². The maximum Gasteiger partial charge on any atom is 0.211 e. The van der Waals surface area contributed by atoms with Crippen LogP contribution in [0.25, 0.3) is 11.3 Å². The molecule has 1 heterocycles. The zero-order valence-electron chi connectivity index (χ0n) is 13.0. The molecule has 2 rings (SSSR count). The van der Waals surface area contributed by atoms with Crippen molar-refractivity contribution in [2.24, 2.45) is 0 Å². The molecule has 0 unspecified atom stereocenters. The second kappa shape index (κ2) is 6.40. The summed E-state index contributed by atoms with van der Waals surface area (Å²) in [7, 11) is -3.32. The van der Waals surface area contributed by atoms with E-state index in [9.17, 15) is 8.42 Å². The summed E-state index contributed by atoms with van der Waals surface area (Å²) >= 11 is 5.88. The van der Waals surface area contributed by atoms with Gasteiger partial charge in [0.15, 0.2) is 5.76 Å². The Morgan fingerprint density at radius 2 is 1.86 bits per heavy atom. The molecular formula is C15H19ClN2O3S. The van der Waals surface area contributed by atoms with Crippen molar-refractivity contribution >= 4 is 21.6 Å². The van der Waals surface area contributed by atoms with Crippen molar-refractivity contribution < 1.29 is 12.8 Å². The fraction of sp³-hybridized carbons (Fsp3) is 0.400. The Bertz CT molecular complexity index is 752. The maximum absolute atomic E-state index is 11.8. The molecule has 0 amide bonds. The smallest absolute Gasteiger partial charge is 0.211 e. The predicted molar refractivity (Wildman–Crippen MR) is 87.2 cm³/mol. The van der Waals surface area contributed by atoms with Crippen LogP contribution in [0.2, 0.25) is 5.02 Å². The number of oxazole rings is 1. The number of halogens is 1. The molecule has 0 radical (unpaired) electrons. The fourth-order valence-corrected chi connectivity index (χ4v) is 3.44. The summed E-state index contributed by atoms with van der Waals surface area (Å²) in [6.07, 6.45) is 1.18. The minimum Gasteiger partial charge on any atom is -0.439 e. The molecule has 1 aromatic heterocycles. The van der Waals surface area contributed by atoms with Crippen LogP contribution in [-0.2, 0) is 16.6 Å². The van der Waals surface area contributed by atoms with Crippen LogP contribution < -0.4 is 0 Å². The van der Waals surface area contributed by atoms with Gasteiger partial charge in [0.1, 0.15) is 0 Å². The van der Waals surface area contributed by atoms with E-state index in [4.69, 9.17) is 16.0 Å². The van der Waals surface area contributed by atoms with E-state index < -0.39 is 10.0 Å². The maximum atomic E-state index is 11.8. The molecule has 2 aromatic rings. The largest absolute Gasteiger partial charge is 0.439 e. The molecule has 0 saturated heterocycles. The minimum absolute atomic E-state index is 0.116. The van der Waals surface area contributed by atoms with Crippen LogP contribution in [0.3, 0.4) is 0 Å². The van der Waals surface area contributed by atoms with E-state index in [1.54, 1.807) is 12.1 Å². The average molecular weight is 343 g/mol. The van der Waals surface area contributed by atoms with Gasteiger partial charge in [-0.3, -0.25) is 0 Å². The van der Waals surface area contributed by atoms with Gasteiger partial charge >= 0.3 is 0 Å². The standard InChI is InChI=1S/C15H19ClN2O3S/c1-10(2)18(22(4,19)20)9-14-17-11(3)15(21-14)12-5-7-13(16)8-6-12/h5-8,10H,9H2,1-4H3. The van der Waals surface area contributed by atoms with Crippen LogP contribution >= 0.6 is 11.6 Å². The van der Waals surface area contributed by atoms with Gasteiger partial charge in [-0.25, -0.2) is 13.4 Å². The van der Waals surface area contributed by atoms with Crippen molar-refractivity contribution in [2.75, 3.05) is 6.26 Å². The van der Waals surface area contributed by atoms with E-state index in [0.717, 1.165) is 11.3 Å². The van der Waals surface area contributed by atoms with Gasteiger partial charge < -0.3 is 4.42 Å². The Morgan fingerprint density at radius 3 is 2.36 bits per heavy atom. The summed E-state index contributed by atoms with van der Waals surface area (Å²) in [5.41, 5.74) is 1.57. The monoisotopic (exact) mass is 342 g/mol. The third kappa shape index (κ3) is 3.88. The van der Waals surface area contributed by atoms with Crippen LogP contribution in [0.1, 0.15) is 25.4 Å². The normalized spacial score (nSPS) is 12.3. The van der Waals surface area contributed by atoms with Crippen LogP contribution in [0, 0.1) is 6.92 Å². The van der Waals surface area contributed by atoms with Crippen molar-refractivity contribution in [3.8, 4) is 11.3 Å². The number of aryl methyl sites for hydroxylation is 1. The second-order valence-electron chi connectivity index (χ2n) is 5.43. The number of aromatic nitrogens is 1. The number of hydrogen-bond acceptors (Lipinski definition) is 4. The molecule has 0 saturated carbocycles. The van der Waals surface area contributed by atoms with E-state index in [2.05, 4.69) is 4.98 Å². The van der Waals surface area contributed by atoms with Gasteiger partial charge in [-0.1, -0.05) is 11.6 Å². The lowest BCUT2D eigenvalue weighted by Crippen LogP contribution is -2.35. The van der Waals surface area contributed by atoms with Crippen molar-refractivity contribution in [1.29, 1.82) is 0 Å². The van der Waals surface area contributed by atoms with E-state index in [1.165, 1.54) is 10.6 Å². The summed E-state index contributed by atoms with van der Waals surface area (Å²) in [5, 5.41) is 0.643. The van der Waals surface area contributed by atoms with Crippen molar-refractivity contribution in [2.45, 2.75) is 33.4 Å². The zero-order chi connectivity index (χ0) is 16.5. The fourth-order valence-electron chi connectivity index (χ4n) is 2.21. The molecule has 5 nitrogen and oxygen atoms in total. The average Bonchev–Trinajstić information content (AvgIpc) is 2.76. The zero-order valence-corrected chi connectivity index (χ0v) is 14.6. The van der Waals surface area contributed by atoms with Gasteiger partial charge in [-0.15, -0.1) is 0 Å². The molecule has 0 atom stereocenters. The van der Waals surface area contributed by atoms with Gasteiger partial charge in [0.25, 0.3) is 0 Å². The predicted octanol–water partition coefficient (Wildman–Crippen LogP) is 3.47. The Hall–Kier alpha value is -1.37. The first-order valence-electron chi connectivity index (χ1n) is 6.87. The van der Waals surface area contributed by atoms with Crippen LogP contribution in [0.5, 0.6) is 0 Å². The molecule has 0 aliphatic rings. The van der Waals surface area contributed by atoms with Gasteiger partial charge in [-0.2, -0.15) is 4.31 Å². The summed E-state index contributed by atoms with van der Waals surface area (Å²) < 4.78 is 30.7. The highest BCUT2D eigenvalue weighted by Crippen LogP contribution is 2.26. The van der Waals surface area contributed by atoms with Crippen LogP contribution in [0.15, 0.2) is 28.7 Å². The highest BCUT2D eigenvalue weighted by atomic mass is 35.5. The van der Waals surface area contributed by atoms with Crippen LogP contribution in [-0.4, -0.2) is 30.0 Å². The Labute approximate surface area is 136 Å². The Morgan fingerprint density at radius 1 is 1.27 bits per heavy atom. The summed E-state index contributed by atoms with van der Waals surface area (Å²) in [6.45, 7) is 5.58. The first-order chi connectivity index (χ1) is 10.2. The summed E-state index contributed by atoms with van der Waals surface area (Å²) in [5.74, 6) is 1.01. The molecule has 120 valence electrons. The first kappa shape index (κ1) is 17.0. The number of nitrogens with zero attached hydrogens (tertiary/aromatic N) is 2. The Kier molecular flexibility index (Phi) is 4.94. The summed E-state index contributed by atoms with van der Waals surface area (Å²) in [4.78, 5) is 4.34. The van der Waals surface area contributed by atoms with Gasteiger partial charge in [0.2, 0.25) is 15.9 Å². The van der Waals surface area contributed by atoms with Crippen molar-refractivity contribution in [3.63, 3.8) is 0 Å². The van der Waals surface area contributed by atoms with Gasteiger partial charge in [0.05, 0.1) is 18.5 Å². The van der Waals surface area contributed by atoms with Crippen LogP contribution in [0.4, 0.5) is 0 Å². The van der Waals surface area contributed by atoms with E-state index >= 15 is 0 Å². The molecule has 1 aromatic carbocycles. The lowest BCUT2D eigenvalue weighted by atomic mass is 10.1. The topological polar surface area (TPSA) is 63.4 Å². The quantitative estimate of drug-likeness (QED) is 0.834. The first-order valence-corrected chi connectivity index (χ1v) is 9.10. The molecule has 0 spiro atoms. The third-order valence-corrected chi connectivity index (χ3v) is 4.90. The number of hydrogen-bond donors (Lipinski definition) is 0. The number of benzene rings is 1. The molecule has 22 heavy (non-hydrogen) atoms. The van der Waals surface area contributed by atoms with E-state index in [1.807, 2.05) is 32.9 Å². The molecule has 7 heteroatoms. The highest BCUT2D eigenvalue weighted by molar-refractivity contribution is 7.88. The Balaban J connectivity index is 2.31. The van der Waals surface area contributed by atoms with E-state index in [0.29, 0.717) is 16.7 Å². The van der Waals surface area contributed by atoms with Gasteiger partial charge in [0, 0.05) is 16.6 Å². The molecular weight excluding hydrogens is 324 g/mol. The highest BCUT2D eigenvalue weighted by Gasteiger charge is 2.23. The number of sulfonamides is 1. The number of rotatable bonds is 5. The SMILES string of the molecule is Cc1nc(CN(C(C)C)S(C)(=O)=O)oc1-c1ccc(Cl)cc1. The molecule has 0 bridgehead atoms. The third-order valence-electron chi connectivity index (χ3n) is 3.24. The van der Waals surface area contributed by atoms with E-state index in [-0.39, 0.29) is 12.6 Å². The van der Waals surface area contributed by atoms with Gasteiger partial charge in [-0.05, 0) is 45.0 Å². The molecule has 0 aliphatic heterocycles. The second-order valence-corrected chi connectivity index (χ2v) is 7.80. The lowest BCUT2D eigenvalue weighted by Gasteiger charge is -2.22. The minimum atomic E-state index is -3.32. The lowest BCUT2D eigenvalue weighted by molar-refractivity contribution is 0.315. The molecule has 0 aliphatic carbocycles. The molecule has 0 fully saturated rings. The molecule has 0 N–H and O–H groups in total.